The van der Waals surface area contributed by atoms with Gasteiger partial charge in [0.05, 0.1) is 4.90 Å². The highest BCUT2D eigenvalue weighted by Gasteiger charge is 2.26. The SMILES string of the molecule is O=C(NCCN1CCc2ccccc2C1)c1nc(-c2ccc(S(=O)(=O)N3CCCCC3)cc2)no1. The third-order valence-corrected chi connectivity index (χ3v) is 8.52. The molecule has 2 aromatic carbocycles. The first kappa shape index (κ1) is 23.7. The molecule has 184 valence electrons. The summed E-state index contributed by atoms with van der Waals surface area (Å²) in [5.74, 6) is -0.302. The van der Waals surface area contributed by atoms with Gasteiger partial charge >= 0.3 is 11.8 Å². The highest BCUT2D eigenvalue weighted by molar-refractivity contribution is 7.89. The Bertz CT molecular complexity index is 1280. The summed E-state index contributed by atoms with van der Waals surface area (Å²) in [7, 11) is -3.50. The monoisotopic (exact) mass is 495 g/mol. The molecule has 0 aliphatic carbocycles. The van der Waals surface area contributed by atoms with Crippen LogP contribution in [0.4, 0.5) is 0 Å². The van der Waals surface area contributed by atoms with Crippen molar-refractivity contribution in [3.63, 3.8) is 0 Å². The summed E-state index contributed by atoms with van der Waals surface area (Å²) >= 11 is 0. The first-order valence-electron chi connectivity index (χ1n) is 12.0. The van der Waals surface area contributed by atoms with Crippen LogP contribution in [0.5, 0.6) is 0 Å². The number of hydrogen-bond acceptors (Lipinski definition) is 7. The molecule has 1 N–H and O–H groups in total. The molecule has 35 heavy (non-hydrogen) atoms. The molecule has 3 aromatic rings. The Labute approximate surface area is 205 Å². The maximum Gasteiger partial charge on any atom is 0.316 e. The van der Waals surface area contributed by atoms with Crippen LogP contribution in [0, 0.1) is 0 Å². The zero-order chi connectivity index (χ0) is 24.3. The number of carbonyl (C=O) groups excluding carboxylic acids is 1. The van der Waals surface area contributed by atoms with Crippen LogP contribution in [0.25, 0.3) is 11.4 Å². The molecular weight excluding hydrogens is 466 g/mol. The Hall–Kier alpha value is -3.08. The fraction of sp³-hybridized carbons (Fsp3) is 0.400. The largest absolute Gasteiger partial charge is 0.347 e. The van der Waals surface area contributed by atoms with E-state index in [0.717, 1.165) is 45.3 Å². The van der Waals surface area contributed by atoms with Gasteiger partial charge in [0.25, 0.3) is 0 Å². The Kier molecular flexibility index (Phi) is 6.94. The van der Waals surface area contributed by atoms with Gasteiger partial charge in [0, 0.05) is 44.8 Å². The predicted molar refractivity (Wildman–Crippen MR) is 130 cm³/mol. The van der Waals surface area contributed by atoms with Crippen LogP contribution in [0.1, 0.15) is 41.1 Å². The first-order chi connectivity index (χ1) is 17.0. The number of nitrogens with one attached hydrogen (secondary N) is 1. The number of benzene rings is 2. The number of sulfonamides is 1. The predicted octanol–water partition coefficient (Wildman–Crippen LogP) is 2.70. The van der Waals surface area contributed by atoms with E-state index in [2.05, 4.69) is 44.6 Å². The van der Waals surface area contributed by atoms with Gasteiger partial charge in [0.15, 0.2) is 0 Å². The van der Waals surface area contributed by atoms with Crippen LogP contribution >= 0.6 is 0 Å². The molecule has 0 unspecified atom stereocenters. The Morgan fingerprint density at radius 2 is 1.71 bits per heavy atom. The molecule has 0 radical (unpaired) electrons. The van der Waals surface area contributed by atoms with Crippen LogP contribution in [0.3, 0.4) is 0 Å². The summed E-state index contributed by atoms with van der Waals surface area (Å²) < 4.78 is 32.3. The van der Waals surface area contributed by atoms with Gasteiger partial charge in [-0.2, -0.15) is 9.29 Å². The van der Waals surface area contributed by atoms with Crippen molar-refractivity contribution in [2.75, 3.05) is 32.7 Å². The minimum atomic E-state index is -3.50. The molecule has 0 bridgehead atoms. The minimum absolute atomic E-state index is 0.117. The zero-order valence-electron chi connectivity index (χ0n) is 19.5. The van der Waals surface area contributed by atoms with E-state index < -0.39 is 15.9 Å². The number of hydrogen-bond donors (Lipinski definition) is 1. The van der Waals surface area contributed by atoms with Crippen LogP contribution < -0.4 is 5.32 Å². The molecule has 0 saturated carbocycles. The summed E-state index contributed by atoms with van der Waals surface area (Å²) in [5.41, 5.74) is 3.31. The van der Waals surface area contributed by atoms with E-state index in [1.54, 1.807) is 24.3 Å². The van der Waals surface area contributed by atoms with Gasteiger partial charge in [-0.15, -0.1) is 0 Å². The fourth-order valence-corrected chi connectivity index (χ4v) is 6.13. The van der Waals surface area contributed by atoms with E-state index >= 15 is 0 Å². The van der Waals surface area contributed by atoms with Crippen molar-refractivity contribution in [2.45, 2.75) is 37.1 Å². The molecule has 5 rings (SSSR count). The van der Waals surface area contributed by atoms with Crippen molar-refractivity contribution in [2.24, 2.45) is 0 Å². The van der Waals surface area contributed by atoms with Crippen LogP contribution in [-0.2, 0) is 23.0 Å². The number of carbonyl (C=O) groups is 1. The molecule has 0 spiro atoms. The Morgan fingerprint density at radius 3 is 2.49 bits per heavy atom. The van der Waals surface area contributed by atoms with Gasteiger partial charge in [-0.3, -0.25) is 9.69 Å². The van der Waals surface area contributed by atoms with Crippen molar-refractivity contribution in [1.29, 1.82) is 0 Å². The summed E-state index contributed by atoms with van der Waals surface area (Å²) in [5, 5.41) is 6.73. The summed E-state index contributed by atoms with van der Waals surface area (Å²) in [6.07, 6.45) is 3.84. The number of nitrogens with zero attached hydrogens (tertiary/aromatic N) is 4. The van der Waals surface area contributed by atoms with Gasteiger partial charge in [-0.05, 0) is 54.7 Å². The Balaban J connectivity index is 1.16. The molecule has 3 heterocycles. The van der Waals surface area contributed by atoms with Gasteiger partial charge in [-0.1, -0.05) is 35.8 Å². The lowest BCUT2D eigenvalue weighted by Crippen LogP contribution is -2.37. The number of rotatable bonds is 7. The Morgan fingerprint density at radius 1 is 0.971 bits per heavy atom. The third kappa shape index (κ3) is 5.29. The second-order valence-corrected chi connectivity index (χ2v) is 10.9. The van der Waals surface area contributed by atoms with E-state index in [1.807, 2.05) is 0 Å². The lowest BCUT2D eigenvalue weighted by atomic mass is 10.00. The summed E-state index contributed by atoms with van der Waals surface area (Å²) in [6.45, 7) is 4.15. The van der Waals surface area contributed by atoms with E-state index in [4.69, 9.17) is 4.52 Å². The molecule has 2 aliphatic rings. The highest BCUT2D eigenvalue weighted by Crippen LogP contribution is 2.23. The van der Waals surface area contributed by atoms with Crippen molar-refractivity contribution in [1.82, 2.24) is 24.7 Å². The third-order valence-electron chi connectivity index (χ3n) is 6.61. The van der Waals surface area contributed by atoms with Crippen LogP contribution in [-0.4, -0.2) is 66.4 Å². The molecule has 10 heteroatoms. The van der Waals surface area contributed by atoms with Crippen molar-refractivity contribution >= 4 is 15.9 Å². The van der Waals surface area contributed by atoms with Crippen LogP contribution in [0.2, 0.25) is 0 Å². The maximum absolute atomic E-state index is 12.8. The summed E-state index contributed by atoms with van der Waals surface area (Å²) in [6, 6.07) is 14.8. The summed E-state index contributed by atoms with van der Waals surface area (Å²) in [4.78, 5) is 19.2. The number of fused-ring (bicyclic) bond motifs is 1. The zero-order valence-corrected chi connectivity index (χ0v) is 20.3. The standard InChI is InChI=1S/C25H29N5O4S/c31-24(26-13-17-29-16-12-19-6-2-3-7-21(19)18-29)25-27-23(28-34-25)20-8-10-22(11-9-20)35(32,33)30-14-4-1-5-15-30/h2-3,6-11H,1,4-5,12-18H2,(H,26,31). The molecule has 1 aromatic heterocycles. The minimum Gasteiger partial charge on any atom is -0.347 e. The molecule has 1 amide bonds. The molecule has 2 aliphatic heterocycles. The number of piperidine rings is 1. The first-order valence-corrected chi connectivity index (χ1v) is 13.5. The van der Waals surface area contributed by atoms with Crippen molar-refractivity contribution in [3.8, 4) is 11.4 Å². The van der Waals surface area contributed by atoms with E-state index in [0.29, 0.717) is 25.2 Å². The average molecular weight is 496 g/mol. The number of amides is 1. The second-order valence-electron chi connectivity index (χ2n) is 8.96. The second kappa shape index (κ2) is 10.3. The van der Waals surface area contributed by atoms with Gasteiger partial charge in [-0.25, -0.2) is 8.42 Å². The number of aromatic nitrogens is 2. The maximum atomic E-state index is 12.8. The van der Waals surface area contributed by atoms with Gasteiger partial charge in [0.1, 0.15) is 0 Å². The highest BCUT2D eigenvalue weighted by atomic mass is 32.2. The topological polar surface area (TPSA) is 109 Å². The van der Waals surface area contributed by atoms with E-state index in [9.17, 15) is 13.2 Å². The van der Waals surface area contributed by atoms with Gasteiger partial charge in [0.2, 0.25) is 15.8 Å². The van der Waals surface area contributed by atoms with Crippen molar-refractivity contribution in [3.05, 3.63) is 65.5 Å². The molecule has 1 saturated heterocycles. The normalized spacial score (nSPS) is 17.1. The lowest BCUT2D eigenvalue weighted by molar-refractivity contribution is 0.0903. The molecular formula is C25H29N5O4S. The fourth-order valence-electron chi connectivity index (χ4n) is 4.61. The van der Waals surface area contributed by atoms with Crippen molar-refractivity contribution < 1.29 is 17.7 Å². The van der Waals surface area contributed by atoms with Gasteiger partial charge < -0.3 is 9.84 Å². The molecule has 9 nitrogen and oxygen atoms in total. The lowest BCUT2D eigenvalue weighted by Gasteiger charge is -2.28. The van der Waals surface area contributed by atoms with E-state index in [1.165, 1.54) is 15.4 Å². The van der Waals surface area contributed by atoms with E-state index in [-0.39, 0.29) is 16.6 Å². The quantitative estimate of drug-likeness (QED) is 0.537. The average Bonchev–Trinajstić information content (AvgIpc) is 3.40. The molecule has 0 atom stereocenters. The smallest absolute Gasteiger partial charge is 0.316 e. The molecule has 1 fully saturated rings. The van der Waals surface area contributed by atoms with Crippen LogP contribution in [0.15, 0.2) is 57.9 Å².